The van der Waals surface area contributed by atoms with Gasteiger partial charge >= 0.3 is 0 Å². The molecule has 1 fully saturated rings. The van der Waals surface area contributed by atoms with E-state index in [-0.39, 0.29) is 31.2 Å². The van der Waals surface area contributed by atoms with Gasteiger partial charge in [0.2, 0.25) is 11.8 Å². The normalized spacial score (nSPS) is 18.1. The number of alkyl halides is 2. The van der Waals surface area contributed by atoms with E-state index in [4.69, 9.17) is 0 Å². The van der Waals surface area contributed by atoms with Gasteiger partial charge in [-0.3, -0.25) is 24.4 Å². The summed E-state index contributed by atoms with van der Waals surface area (Å²) in [6.07, 6.45) is -0.525. The molecule has 1 aromatic heterocycles. The maximum atomic E-state index is 13.2. The molecule has 5 rings (SSSR count). The predicted molar refractivity (Wildman–Crippen MR) is 115 cm³/mol. The number of halogens is 2. The number of fused-ring (bicyclic) bond motifs is 1. The summed E-state index contributed by atoms with van der Waals surface area (Å²) in [5.74, 6) is -1.06. The van der Waals surface area contributed by atoms with E-state index in [0.29, 0.717) is 16.8 Å². The standard InChI is InChI=1S/C24H20F2N4O3/c25-20(26)13-30-22(14-4-2-1-3-5-14)18(11-27-30)15-6-7-17-16(10-15)12-29(24(17)33)19-8-9-21(31)28-23(19)32/h1-7,10-11,19-20H,8-9,12-13H2,(H,28,31,32). The van der Waals surface area contributed by atoms with Gasteiger partial charge in [0.15, 0.2) is 0 Å². The predicted octanol–water partition coefficient (Wildman–Crippen LogP) is 3.24. The first-order valence-electron chi connectivity index (χ1n) is 10.6. The number of imide groups is 1. The molecule has 3 aromatic rings. The average molecular weight is 450 g/mol. The number of piperidine rings is 1. The molecule has 1 saturated heterocycles. The fraction of sp³-hybridized carbons (Fsp3) is 0.250. The maximum Gasteiger partial charge on any atom is 0.257 e. The maximum absolute atomic E-state index is 13.2. The van der Waals surface area contributed by atoms with Crippen molar-refractivity contribution < 1.29 is 23.2 Å². The van der Waals surface area contributed by atoms with E-state index in [2.05, 4.69) is 10.4 Å². The monoisotopic (exact) mass is 450 g/mol. The van der Waals surface area contributed by atoms with E-state index in [1.165, 1.54) is 9.58 Å². The van der Waals surface area contributed by atoms with Gasteiger partial charge in [0.1, 0.15) is 12.6 Å². The number of rotatable bonds is 5. The van der Waals surface area contributed by atoms with Gasteiger partial charge in [-0.15, -0.1) is 0 Å². The molecule has 2 aliphatic rings. The molecule has 168 valence electrons. The van der Waals surface area contributed by atoms with Crippen molar-refractivity contribution in [2.24, 2.45) is 0 Å². The van der Waals surface area contributed by atoms with E-state index in [1.807, 2.05) is 36.4 Å². The van der Waals surface area contributed by atoms with E-state index < -0.39 is 24.9 Å². The number of aromatic nitrogens is 2. The van der Waals surface area contributed by atoms with Crippen LogP contribution in [-0.4, -0.2) is 44.9 Å². The Morgan fingerprint density at radius 2 is 1.82 bits per heavy atom. The second-order valence-corrected chi connectivity index (χ2v) is 8.12. The Balaban J connectivity index is 1.51. The average Bonchev–Trinajstić information content (AvgIpc) is 3.35. The van der Waals surface area contributed by atoms with Crippen LogP contribution < -0.4 is 5.32 Å². The number of carbonyl (C=O) groups excluding carboxylic acids is 3. The highest BCUT2D eigenvalue weighted by Gasteiger charge is 2.39. The minimum Gasteiger partial charge on any atom is -0.322 e. The molecule has 0 aliphatic carbocycles. The van der Waals surface area contributed by atoms with Crippen molar-refractivity contribution in [3.8, 4) is 22.4 Å². The lowest BCUT2D eigenvalue weighted by atomic mass is 9.98. The quantitative estimate of drug-likeness (QED) is 0.605. The van der Waals surface area contributed by atoms with Gasteiger partial charge in [0, 0.05) is 29.7 Å². The van der Waals surface area contributed by atoms with Crippen molar-refractivity contribution in [3.05, 3.63) is 65.9 Å². The second kappa shape index (κ2) is 8.23. The minimum atomic E-state index is -2.56. The van der Waals surface area contributed by atoms with Crippen LogP contribution in [-0.2, 0) is 22.7 Å². The van der Waals surface area contributed by atoms with Crippen molar-refractivity contribution in [2.45, 2.75) is 38.4 Å². The highest BCUT2D eigenvalue weighted by molar-refractivity contribution is 6.05. The van der Waals surface area contributed by atoms with Crippen LogP contribution >= 0.6 is 0 Å². The molecule has 0 radical (unpaired) electrons. The number of hydrogen-bond acceptors (Lipinski definition) is 4. The van der Waals surface area contributed by atoms with Gasteiger partial charge in [-0.1, -0.05) is 36.4 Å². The molecule has 3 amide bonds. The van der Waals surface area contributed by atoms with Gasteiger partial charge in [-0.2, -0.15) is 5.10 Å². The summed E-state index contributed by atoms with van der Waals surface area (Å²) in [7, 11) is 0. The summed E-state index contributed by atoms with van der Waals surface area (Å²) in [6.45, 7) is -0.295. The molecule has 2 aliphatic heterocycles. The van der Waals surface area contributed by atoms with Gasteiger partial charge in [-0.05, 0) is 29.7 Å². The third-order valence-corrected chi connectivity index (χ3v) is 6.03. The van der Waals surface area contributed by atoms with Crippen LogP contribution in [0.4, 0.5) is 8.78 Å². The van der Waals surface area contributed by atoms with Crippen LogP contribution in [0.25, 0.3) is 22.4 Å². The molecule has 1 atom stereocenters. The molecule has 7 nitrogen and oxygen atoms in total. The lowest BCUT2D eigenvalue weighted by Crippen LogP contribution is -2.52. The fourth-order valence-corrected chi connectivity index (χ4v) is 4.51. The Morgan fingerprint density at radius 3 is 2.55 bits per heavy atom. The molecule has 1 unspecified atom stereocenters. The van der Waals surface area contributed by atoms with Crippen LogP contribution in [0.5, 0.6) is 0 Å². The summed E-state index contributed by atoms with van der Waals surface area (Å²) in [6, 6.07) is 13.8. The molecule has 33 heavy (non-hydrogen) atoms. The van der Waals surface area contributed by atoms with Gasteiger partial charge in [0.25, 0.3) is 12.3 Å². The molecular weight excluding hydrogens is 430 g/mol. The molecule has 1 N–H and O–H groups in total. The molecule has 9 heteroatoms. The molecule has 0 saturated carbocycles. The van der Waals surface area contributed by atoms with Crippen molar-refractivity contribution >= 4 is 17.7 Å². The van der Waals surface area contributed by atoms with Crippen molar-refractivity contribution in [2.75, 3.05) is 0 Å². The van der Waals surface area contributed by atoms with Gasteiger partial charge < -0.3 is 4.90 Å². The van der Waals surface area contributed by atoms with E-state index in [1.54, 1.807) is 18.3 Å². The topological polar surface area (TPSA) is 84.3 Å². The number of hydrogen-bond donors (Lipinski definition) is 1. The Kier molecular flexibility index (Phi) is 5.24. The number of carbonyl (C=O) groups is 3. The molecule has 3 heterocycles. The first kappa shape index (κ1) is 21.0. The summed E-state index contributed by atoms with van der Waals surface area (Å²) in [5.41, 5.74) is 3.98. The second-order valence-electron chi connectivity index (χ2n) is 8.12. The smallest absolute Gasteiger partial charge is 0.257 e. The largest absolute Gasteiger partial charge is 0.322 e. The first-order chi connectivity index (χ1) is 15.9. The van der Waals surface area contributed by atoms with Crippen LogP contribution in [0.1, 0.15) is 28.8 Å². The summed E-state index contributed by atoms with van der Waals surface area (Å²) >= 11 is 0. The first-order valence-corrected chi connectivity index (χ1v) is 10.6. The number of benzene rings is 2. The minimum absolute atomic E-state index is 0.186. The van der Waals surface area contributed by atoms with Crippen LogP contribution in [0.15, 0.2) is 54.7 Å². The summed E-state index contributed by atoms with van der Waals surface area (Å²) in [4.78, 5) is 38.2. The van der Waals surface area contributed by atoms with E-state index >= 15 is 0 Å². The number of amides is 3. The molecule has 2 aromatic carbocycles. The Bertz CT molecular complexity index is 1260. The zero-order chi connectivity index (χ0) is 23.1. The zero-order valence-corrected chi connectivity index (χ0v) is 17.5. The lowest BCUT2D eigenvalue weighted by molar-refractivity contribution is -0.136. The third kappa shape index (κ3) is 3.79. The van der Waals surface area contributed by atoms with Crippen molar-refractivity contribution in [1.82, 2.24) is 20.0 Å². The summed E-state index contributed by atoms with van der Waals surface area (Å²) in [5, 5.41) is 6.49. The van der Waals surface area contributed by atoms with Crippen molar-refractivity contribution in [3.63, 3.8) is 0 Å². The zero-order valence-electron chi connectivity index (χ0n) is 17.5. The molecule has 0 spiro atoms. The van der Waals surface area contributed by atoms with E-state index in [0.717, 1.165) is 16.7 Å². The highest BCUT2D eigenvalue weighted by atomic mass is 19.3. The summed E-state index contributed by atoms with van der Waals surface area (Å²) < 4.78 is 27.6. The van der Waals surface area contributed by atoms with E-state index in [9.17, 15) is 23.2 Å². The van der Waals surface area contributed by atoms with Gasteiger partial charge in [-0.25, -0.2) is 8.78 Å². The highest BCUT2D eigenvalue weighted by Crippen LogP contribution is 2.36. The SMILES string of the molecule is O=C1CCC(N2Cc3cc(-c4cnn(CC(F)F)c4-c4ccccc4)ccc3C2=O)C(=O)N1. The number of nitrogens with one attached hydrogen (secondary N) is 1. The fourth-order valence-electron chi connectivity index (χ4n) is 4.51. The third-order valence-electron chi connectivity index (χ3n) is 6.03. The molecule has 0 bridgehead atoms. The Morgan fingerprint density at radius 1 is 1.03 bits per heavy atom. The van der Waals surface area contributed by atoms with Gasteiger partial charge in [0.05, 0.1) is 11.9 Å². The Labute approximate surface area is 188 Å². The number of nitrogens with zero attached hydrogens (tertiary/aromatic N) is 3. The Hall–Kier alpha value is -3.88. The van der Waals surface area contributed by atoms with Crippen LogP contribution in [0.3, 0.4) is 0 Å². The molecular formula is C24H20F2N4O3. The lowest BCUT2D eigenvalue weighted by Gasteiger charge is -2.29. The van der Waals surface area contributed by atoms with Crippen molar-refractivity contribution in [1.29, 1.82) is 0 Å². The van der Waals surface area contributed by atoms with Crippen LogP contribution in [0, 0.1) is 0 Å². The van der Waals surface area contributed by atoms with Crippen LogP contribution in [0.2, 0.25) is 0 Å².